The van der Waals surface area contributed by atoms with Crippen LogP contribution in [-0.2, 0) is 49.5 Å². The van der Waals surface area contributed by atoms with Crippen LogP contribution >= 0.6 is 0 Å². The largest absolute Gasteiger partial charge is 0.458 e. The highest BCUT2D eigenvalue weighted by Crippen LogP contribution is 2.55. The Hall–Kier alpha value is -3.11. The van der Waals surface area contributed by atoms with Crippen molar-refractivity contribution in [1.82, 2.24) is 15.7 Å². The van der Waals surface area contributed by atoms with Gasteiger partial charge >= 0.3 is 5.97 Å². The fourth-order valence-corrected chi connectivity index (χ4v) is 7.34. The summed E-state index contributed by atoms with van der Waals surface area (Å²) in [6.07, 6.45) is -8.38. The van der Waals surface area contributed by atoms with Crippen molar-refractivity contribution in [3.05, 3.63) is 41.5 Å². The van der Waals surface area contributed by atoms with Crippen molar-refractivity contribution in [3.63, 3.8) is 0 Å². The number of hydrogen-bond donors (Lipinski definition) is 8. The number of nitrogens with zero attached hydrogens (tertiary/aromatic N) is 1. The molecule has 13 unspecified atom stereocenters. The van der Waals surface area contributed by atoms with Crippen molar-refractivity contribution in [2.45, 2.75) is 93.2 Å². The van der Waals surface area contributed by atoms with E-state index in [1.165, 1.54) is 12.0 Å². The van der Waals surface area contributed by atoms with Gasteiger partial charge in [0.2, 0.25) is 11.8 Å². The first-order valence-corrected chi connectivity index (χ1v) is 16.4. The van der Waals surface area contributed by atoms with E-state index >= 15 is 0 Å². The predicted molar refractivity (Wildman–Crippen MR) is 165 cm³/mol. The fraction of sp³-hybridized carbons (Fsp3) is 0.656. The van der Waals surface area contributed by atoms with Crippen molar-refractivity contribution < 1.29 is 73.5 Å². The molecule has 4 aliphatic heterocycles. The Balaban J connectivity index is 1.22. The summed E-state index contributed by atoms with van der Waals surface area (Å²) in [6.45, 7) is 0.105. The van der Waals surface area contributed by atoms with E-state index in [9.17, 15) is 39.9 Å². The summed E-state index contributed by atoms with van der Waals surface area (Å²) in [4.78, 5) is 47.3. The maximum Gasteiger partial charge on any atom is 0.327 e. The van der Waals surface area contributed by atoms with E-state index < -0.39 is 103 Å². The molecule has 18 nitrogen and oxygen atoms in total. The Morgan fingerprint density at radius 2 is 1.88 bits per heavy atom. The zero-order chi connectivity index (χ0) is 35.7. The summed E-state index contributed by atoms with van der Waals surface area (Å²) in [5, 5.41) is 65.7. The highest BCUT2D eigenvalue weighted by Gasteiger charge is 2.75. The summed E-state index contributed by atoms with van der Waals surface area (Å²) >= 11 is 0. The molecule has 276 valence electrons. The SMILES string of the molecule is CC(O)C(NC(=O)C12CC3OC(=O)C1N(Cc1ccccc1C=CCOC1OC(CO)C(O)C(O)C1O)OC2C1OCOC31)C(=O)NCCO. The summed E-state index contributed by atoms with van der Waals surface area (Å²) in [7, 11) is 0. The summed E-state index contributed by atoms with van der Waals surface area (Å²) in [6, 6.07) is 4.48. The van der Waals surface area contributed by atoms with Gasteiger partial charge < -0.3 is 65.0 Å². The maximum absolute atomic E-state index is 14.3. The molecule has 6 rings (SSSR count). The number of benzene rings is 1. The molecule has 2 amide bonds. The van der Waals surface area contributed by atoms with Crippen LogP contribution in [0, 0.1) is 5.41 Å². The van der Waals surface area contributed by atoms with E-state index in [0.29, 0.717) is 11.1 Å². The molecule has 8 N–H and O–H groups in total. The van der Waals surface area contributed by atoms with Gasteiger partial charge in [0.25, 0.3) is 0 Å². The number of aliphatic hydroxyl groups is 6. The van der Waals surface area contributed by atoms with Gasteiger partial charge in [0.05, 0.1) is 32.5 Å². The molecule has 1 aromatic rings. The fourth-order valence-electron chi connectivity index (χ4n) is 7.34. The molecule has 2 bridgehead atoms. The summed E-state index contributed by atoms with van der Waals surface area (Å²) in [5.74, 6) is -2.16. The third-order valence-electron chi connectivity index (χ3n) is 9.84. The Labute approximate surface area is 286 Å². The maximum atomic E-state index is 14.3. The number of fused-ring (bicyclic) bond motifs is 4. The second-order valence-corrected chi connectivity index (χ2v) is 12.9. The molecule has 1 aromatic carbocycles. The van der Waals surface area contributed by atoms with Crippen LogP contribution in [0.5, 0.6) is 0 Å². The number of aliphatic hydroxyl groups excluding tert-OH is 6. The molecule has 18 heteroatoms. The third kappa shape index (κ3) is 6.67. The molecular formula is C32H43N3O15. The van der Waals surface area contributed by atoms with Gasteiger partial charge in [-0.3, -0.25) is 19.2 Å². The van der Waals surface area contributed by atoms with Crippen LogP contribution in [0.4, 0.5) is 0 Å². The van der Waals surface area contributed by atoms with Gasteiger partial charge in [0.1, 0.15) is 67.1 Å². The first kappa shape index (κ1) is 36.7. The lowest BCUT2D eigenvalue weighted by atomic mass is 9.62. The van der Waals surface area contributed by atoms with Gasteiger partial charge in [0, 0.05) is 13.0 Å². The summed E-state index contributed by atoms with van der Waals surface area (Å²) < 4.78 is 28.3. The van der Waals surface area contributed by atoms with Crippen LogP contribution in [0.15, 0.2) is 30.3 Å². The molecule has 1 aliphatic carbocycles. The van der Waals surface area contributed by atoms with Crippen molar-refractivity contribution in [2.75, 3.05) is 33.2 Å². The minimum absolute atomic E-state index is 0.000887. The van der Waals surface area contributed by atoms with Crippen LogP contribution in [-0.4, -0.2) is 160 Å². The Morgan fingerprint density at radius 3 is 2.62 bits per heavy atom. The second kappa shape index (κ2) is 15.2. The number of carbonyl (C=O) groups excluding carboxylic acids is 3. The van der Waals surface area contributed by atoms with Crippen molar-refractivity contribution in [2.24, 2.45) is 5.41 Å². The van der Waals surface area contributed by atoms with E-state index in [0.717, 1.165) is 0 Å². The molecule has 0 spiro atoms. The van der Waals surface area contributed by atoms with Crippen molar-refractivity contribution in [3.8, 4) is 0 Å². The van der Waals surface area contributed by atoms with Gasteiger partial charge in [-0.2, -0.15) is 5.06 Å². The Morgan fingerprint density at radius 1 is 1.12 bits per heavy atom. The number of hydroxylamine groups is 2. The number of carbonyl (C=O) groups is 3. The molecule has 5 fully saturated rings. The molecule has 13 atom stereocenters. The van der Waals surface area contributed by atoms with Crippen LogP contribution in [0.2, 0.25) is 0 Å². The standard InChI is InChI=1S/C32H43N3O15/c1-15(38)20(28(42)33-8-9-36)34-31(44)32-11-18-24-25(47-14-46-24)27(32)50-35(26(32)29(43)48-18)12-17-6-3-2-5-16(17)7-4-10-45-30-23(41)22(40)21(39)19(13-37)49-30/h2-7,15,18-27,30,36-41H,8-14H2,1H3,(H,33,42)(H,34,44). The Kier molecular flexibility index (Phi) is 11.2. The molecule has 50 heavy (non-hydrogen) atoms. The molecule has 1 saturated carbocycles. The van der Waals surface area contributed by atoms with Gasteiger partial charge in [-0.15, -0.1) is 0 Å². The third-order valence-corrected chi connectivity index (χ3v) is 9.84. The zero-order valence-corrected chi connectivity index (χ0v) is 27.1. The van der Waals surface area contributed by atoms with Crippen molar-refractivity contribution in [1.29, 1.82) is 0 Å². The van der Waals surface area contributed by atoms with Crippen LogP contribution < -0.4 is 10.6 Å². The number of ether oxygens (including phenoxy) is 5. The minimum atomic E-state index is -1.59. The number of hydrogen-bond acceptors (Lipinski definition) is 16. The van der Waals surface area contributed by atoms with E-state index in [4.69, 9.17) is 33.6 Å². The average molecular weight is 710 g/mol. The van der Waals surface area contributed by atoms with Gasteiger partial charge in [-0.25, -0.2) is 0 Å². The molecule has 0 radical (unpaired) electrons. The highest BCUT2D eigenvalue weighted by atomic mass is 16.8. The predicted octanol–water partition coefficient (Wildman–Crippen LogP) is -3.97. The Bertz CT molecular complexity index is 1430. The van der Waals surface area contributed by atoms with E-state index in [-0.39, 0.29) is 39.5 Å². The molecular weight excluding hydrogens is 666 g/mol. The second-order valence-electron chi connectivity index (χ2n) is 12.9. The van der Waals surface area contributed by atoms with Gasteiger partial charge in [-0.05, 0) is 18.1 Å². The minimum Gasteiger partial charge on any atom is -0.458 e. The quantitative estimate of drug-likeness (QED) is 0.0909. The normalized spacial score (nSPS) is 37.6. The molecule has 5 aliphatic rings. The van der Waals surface area contributed by atoms with Crippen LogP contribution in [0.1, 0.15) is 24.5 Å². The van der Waals surface area contributed by atoms with Crippen LogP contribution in [0.3, 0.4) is 0 Å². The van der Waals surface area contributed by atoms with E-state index in [2.05, 4.69) is 10.6 Å². The number of amides is 2. The van der Waals surface area contributed by atoms with Crippen LogP contribution in [0.25, 0.3) is 6.08 Å². The number of esters is 1. The van der Waals surface area contributed by atoms with Crippen molar-refractivity contribution >= 4 is 23.9 Å². The lowest BCUT2D eigenvalue weighted by molar-refractivity contribution is -0.298. The number of nitrogens with one attached hydrogen (secondary N) is 2. The average Bonchev–Trinajstić information content (AvgIpc) is 3.73. The summed E-state index contributed by atoms with van der Waals surface area (Å²) in [5.41, 5.74) is -0.244. The molecule has 4 heterocycles. The highest BCUT2D eigenvalue weighted by molar-refractivity contribution is 5.96. The zero-order valence-electron chi connectivity index (χ0n) is 27.1. The lowest BCUT2D eigenvalue weighted by Crippen LogP contribution is -2.71. The first-order chi connectivity index (χ1) is 24.0. The van der Waals surface area contributed by atoms with Gasteiger partial charge in [-0.1, -0.05) is 36.4 Å². The number of rotatable bonds is 13. The van der Waals surface area contributed by atoms with Gasteiger partial charge in [0.15, 0.2) is 12.3 Å². The monoisotopic (exact) mass is 709 g/mol. The lowest BCUT2D eigenvalue weighted by Gasteiger charge is -2.49. The van der Waals surface area contributed by atoms with E-state index in [1.807, 2.05) is 0 Å². The first-order valence-electron chi connectivity index (χ1n) is 16.4. The smallest absolute Gasteiger partial charge is 0.327 e. The molecule has 4 saturated heterocycles. The van der Waals surface area contributed by atoms with E-state index in [1.54, 1.807) is 36.4 Å². The molecule has 0 aromatic heterocycles. The topological polar surface area (TPSA) is 255 Å².